The van der Waals surface area contributed by atoms with Gasteiger partial charge in [0, 0.05) is 5.41 Å². The number of nitrogens with one attached hydrogen (secondary N) is 1. The molecule has 0 bridgehead atoms. The quantitative estimate of drug-likeness (QED) is 0.151. The summed E-state index contributed by atoms with van der Waals surface area (Å²) in [6.07, 6.45) is 1.07. The molecule has 0 spiro atoms. The minimum Gasteiger partial charge on any atom is -0.304 e. The van der Waals surface area contributed by atoms with E-state index in [2.05, 4.69) is 30.3 Å². The highest BCUT2D eigenvalue weighted by Gasteiger charge is 2.28. The summed E-state index contributed by atoms with van der Waals surface area (Å²) < 4.78 is 69.0. The van der Waals surface area contributed by atoms with Gasteiger partial charge >= 0.3 is 0 Å². The van der Waals surface area contributed by atoms with Crippen molar-refractivity contribution in [3.8, 4) is 5.69 Å². The average molecular weight is 597 g/mol. The van der Waals surface area contributed by atoms with Crippen molar-refractivity contribution in [2.75, 3.05) is 0 Å². The molecule has 0 aliphatic heterocycles. The Labute approximate surface area is 232 Å². The van der Waals surface area contributed by atoms with Gasteiger partial charge < -0.3 is 4.98 Å². The Morgan fingerprint density at radius 3 is 2.37 bits per heavy atom. The Hall–Kier alpha value is -4.76. The van der Waals surface area contributed by atoms with Crippen molar-refractivity contribution in [3.63, 3.8) is 0 Å². The first-order valence-corrected chi connectivity index (χ1v) is 14.5. The van der Waals surface area contributed by atoms with Gasteiger partial charge in [-0.1, -0.05) is 32.9 Å². The third kappa shape index (κ3) is 4.89. The van der Waals surface area contributed by atoms with Crippen LogP contribution < -0.4 is 5.56 Å². The third-order valence-corrected chi connectivity index (χ3v) is 7.74. The minimum absolute atomic E-state index is 0.165. The lowest BCUT2D eigenvalue weighted by Crippen LogP contribution is -2.12. The van der Waals surface area contributed by atoms with Crippen LogP contribution in [-0.2, 0) is 25.7 Å². The first kappa shape index (κ1) is 27.8. The molecular formula is C24H20N8O7S2. The molecule has 0 fully saturated rings. The van der Waals surface area contributed by atoms with E-state index >= 15 is 0 Å². The van der Waals surface area contributed by atoms with E-state index in [4.69, 9.17) is 6.57 Å². The van der Waals surface area contributed by atoms with Crippen molar-refractivity contribution in [1.29, 1.82) is 0 Å². The maximum absolute atomic E-state index is 12.8. The Morgan fingerprint density at radius 2 is 1.73 bits per heavy atom. The molecule has 3 N–H and O–H groups in total. The molecule has 0 aliphatic carbocycles. The normalized spacial score (nSPS) is 12.9. The average Bonchev–Trinajstić information content (AvgIpc) is 3.47. The summed E-state index contributed by atoms with van der Waals surface area (Å²) in [5.74, 6) is -0.271. The summed E-state index contributed by atoms with van der Waals surface area (Å²) in [7, 11) is -9.88. The molecule has 3 heterocycles. The zero-order valence-electron chi connectivity index (χ0n) is 21.5. The van der Waals surface area contributed by atoms with Gasteiger partial charge in [-0.15, -0.1) is 10.2 Å². The Kier molecular flexibility index (Phi) is 6.38. The fourth-order valence-electron chi connectivity index (χ4n) is 4.14. The van der Waals surface area contributed by atoms with Crippen molar-refractivity contribution >= 4 is 54.0 Å². The number of aromatic nitrogens is 5. The van der Waals surface area contributed by atoms with Crippen LogP contribution in [0.5, 0.6) is 0 Å². The van der Waals surface area contributed by atoms with E-state index in [1.54, 1.807) is 24.3 Å². The molecule has 41 heavy (non-hydrogen) atoms. The van der Waals surface area contributed by atoms with Gasteiger partial charge in [-0.25, -0.2) is 14.0 Å². The largest absolute Gasteiger partial charge is 0.304 e. The zero-order chi connectivity index (χ0) is 29.9. The second kappa shape index (κ2) is 9.42. The van der Waals surface area contributed by atoms with Crippen molar-refractivity contribution in [3.05, 3.63) is 76.1 Å². The number of rotatable bonds is 5. The van der Waals surface area contributed by atoms with Crippen LogP contribution in [-0.4, -0.2) is 50.3 Å². The van der Waals surface area contributed by atoms with Gasteiger partial charge in [0.05, 0.1) is 39.9 Å². The van der Waals surface area contributed by atoms with Crippen LogP contribution in [0, 0.1) is 6.57 Å². The number of hydrogen-bond acceptors (Lipinski definition) is 9. The molecule has 0 aliphatic rings. The van der Waals surface area contributed by atoms with Gasteiger partial charge in [-0.05, 0) is 30.3 Å². The summed E-state index contributed by atoms with van der Waals surface area (Å²) in [6, 6.07) is 9.23. The standard InChI is InChI=1S/C24H20N8O7S2/c1-24(2,3)20-19(22-27-23(33)14-7-5-6-8-16(14)32(22)30-20)28-29-21-15(25-4)12-26-31(21)17-10-9-13(40(34,35)36)11-18(17)41(37,38)39/h5-12H,1-3H3,(H,27,33)(H,34,35,36)(H,37,38,39). The number of hydrogen-bond donors (Lipinski definition) is 3. The number of aromatic amines is 1. The van der Waals surface area contributed by atoms with E-state index in [9.17, 15) is 30.7 Å². The molecule has 3 aromatic heterocycles. The van der Waals surface area contributed by atoms with E-state index in [0.29, 0.717) is 22.7 Å². The fraction of sp³-hybridized carbons (Fsp3) is 0.167. The molecule has 5 rings (SSSR count). The number of nitrogens with zero attached hydrogens (tertiary/aromatic N) is 7. The monoisotopic (exact) mass is 596 g/mol. The minimum atomic E-state index is -5.06. The maximum Gasteiger partial charge on any atom is 0.296 e. The van der Waals surface area contributed by atoms with Crippen molar-refractivity contribution in [1.82, 2.24) is 24.4 Å². The number of azo groups is 1. The lowest BCUT2D eigenvalue weighted by molar-refractivity contribution is 0.480. The summed E-state index contributed by atoms with van der Waals surface area (Å²) in [4.78, 5) is 17.2. The summed E-state index contributed by atoms with van der Waals surface area (Å²) in [5, 5.41) is 17.6. The molecular weight excluding hydrogens is 576 g/mol. The first-order valence-electron chi connectivity index (χ1n) is 11.6. The van der Waals surface area contributed by atoms with Crippen LogP contribution in [0.3, 0.4) is 0 Å². The highest BCUT2D eigenvalue weighted by Crippen LogP contribution is 2.38. The molecule has 0 amide bonds. The SMILES string of the molecule is [C-]#[N+]c1cnn(-c2ccc(S(=O)(=O)O)cc2S(=O)(=O)O)c1N=Nc1c(C(C)(C)C)nn2c1[nH]c(=O)c1ccccc12. The van der Waals surface area contributed by atoms with Crippen LogP contribution in [0.15, 0.2) is 73.5 Å². The van der Waals surface area contributed by atoms with Crippen molar-refractivity contribution in [2.24, 2.45) is 10.2 Å². The molecule has 210 valence electrons. The number of H-pyrrole nitrogens is 1. The number of fused-ring (bicyclic) bond motifs is 3. The number of para-hydroxylation sites is 1. The second-order valence-corrected chi connectivity index (χ2v) is 12.6. The highest BCUT2D eigenvalue weighted by molar-refractivity contribution is 7.86. The molecule has 0 atom stereocenters. The van der Waals surface area contributed by atoms with Gasteiger partial charge in [0.2, 0.25) is 0 Å². The molecule has 2 aromatic carbocycles. The van der Waals surface area contributed by atoms with E-state index < -0.39 is 41.0 Å². The van der Waals surface area contributed by atoms with Crippen molar-refractivity contribution < 1.29 is 25.9 Å². The van der Waals surface area contributed by atoms with Crippen LogP contribution in [0.1, 0.15) is 26.5 Å². The zero-order valence-corrected chi connectivity index (χ0v) is 23.1. The molecule has 17 heteroatoms. The smallest absolute Gasteiger partial charge is 0.296 e. The van der Waals surface area contributed by atoms with E-state index in [-0.39, 0.29) is 28.5 Å². The second-order valence-electron chi connectivity index (χ2n) is 9.84. The van der Waals surface area contributed by atoms with Crippen LogP contribution in [0.25, 0.3) is 27.1 Å². The molecule has 5 aromatic rings. The summed E-state index contributed by atoms with van der Waals surface area (Å²) >= 11 is 0. The summed E-state index contributed by atoms with van der Waals surface area (Å²) in [6.45, 7) is 13.1. The number of benzene rings is 2. The first-order chi connectivity index (χ1) is 19.1. The topological polar surface area (TPSA) is 206 Å². The highest BCUT2D eigenvalue weighted by atomic mass is 32.2. The molecule has 0 saturated carbocycles. The van der Waals surface area contributed by atoms with Crippen molar-refractivity contribution in [2.45, 2.75) is 36.0 Å². The fourth-order valence-corrected chi connectivity index (χ4v) is 5.41. The van der Waals surface area contributed by atoms with E-state index in [1.807, 2.05) is 20.8 Å². The predicted molar refractivity (Wildman–Crippen MR) is 146 cm³/mol. The molecule has 0 radical (unpaired) electrons. The Bertz CT molecular complexity index is 2230. The van der Waals surface area contributed by atoms with Crippen LogP contribution in [0.2, 0.25) is 0 Å². The molecule has 15 nitrogen and oxygen atoms in total. The van der Waals surface area contributed by atoms with Gasteiger partial charge in [0.1, 0.15) is 4.90 Å². The van der Waals surface area contributed by atoms with Gasteiger partial charge in [-0.2, -0.15) is 27.0 Å². The van der Waals surface area contributed by atoms with Crippen LogP contribution >= 0.6 is 0 Å². The molecule has 0 saturated heterocycles. The Morgan fingerprint density at radius 1 is 1.02 bits per heavy atom. The van der Waals surface area contributed by atoms with Gasteiger partial charge in [-0.3, -0.25) is 13.9 Å². The van der Waals surface area contributed by atoms with Gasteiger partial charge in [0.15, 0.2) is 17.2 Å². The van der Waals surface area contributed by atoms with Crippen LogP contribution in [0.4, 0.5) is 17.2 Å². The maximum atomic E-state index is 12.8. The predicted octanol–water partition coefficient (Wildman–Crippen LogP) is 4.12. The Balaban J connectivity index is 1.77. The lowest BCUT2D eigenvalue weighted by atomic mass is 9.91. The van der Waals surface area contributed by atoms with Gasteiger partial charge in [0.25, 0.3) is 31.5 Å². The van der Waals surface area contributed by atoms with E-state index in [1.165, 1.54) is 4.52 Å². The van der Waals surface area contributed by atoms with E-state index in [0.717, 1.165) is 23.0 Å². The third-order valence-electron chi connectivity index (χ3n) is 6.01. The molecule has 0 unspecified atom stereocenters. The lowest BCUT2D eigenvalue weighted by Gasteiger charge is -2.15. The summed E-state index contributed by atoms with van der Waals surface area (Å²) in [5.41, 5.74) is -0.184.